The normalized spacial score (nSPS) is 14.7. The van der Waals surface area contributed by atoms with Crippen molar-refractivity contribution in [1.29, 1.82) is 0 Å². The fraction of sp³-hybridized carbons (Fsp3) is 0.417. The van der Waals surface area contributed by atoms with E-state index in [1.807, 2.05) is 0 Å². The maximum atomic E-state index is 13.7. The molecule has 0 N–H and O–H groups in total. The Labute approximate surface area is 212 Å². The zero-order valence-electron chi connectivity index (χ0n) is 20.4. The van der Waals surface area contributed by atoms with Gasteiger partial charge >= 0.3 is 12.1 Å². The Balaban J connectivity index is 1.98. The quantitative estimate of drug-likeness (QED) is 0.470. The highest BCUT2D eigenvalue weighted by Gasteiger charge is 2.35. The second-order valence-corrected chi connectivity index (χ2v) is 10.1. The number of halogens is 3. The van der Waals surface area contributed by atoms with E-state index < -0.39 is 40.2 Å². The Morgan fingerprint density at radius 2 is 1.65 bits per heavy atom. The van der Waals surface area contributed by atoms with Crippen LogP contribution in [0.25, 0.3) is 0 Å². The number of methoxy groups -OCH3 is 3. The summed E-state index contributed by atoms with van der Waals surface area (Å²) >= 11 is 0. The molecule has 1 aliphatic heterocycles. The predicted molar refractivity (Wildman–Crippen MR) is 127 cm³/mol. The number of anilines is 1. The molecule has 9 nitrogen and oxygen atoms in total. The van der Waals surface area contributed by atoms with Crippen LogP contribution in [0.2, 0.25) is 0 Å². The molecule has 2 aromatic carbocycles. The first-order valence-corrected chi connectivity index (χ1v) is 12.6. The molecule has 0 aromatic heterocycles. The van der Waals surface area contributed by atoms with Crippen molar-refractivity contribution in [2.45, 2.75) is 23.9 Å². The van der Waals surface area contributed by atoms with Crippen LogP contribution in [-0.4, -0.2) is 66.2 Å². The van der Waals surface area contributed by atoms with E-state index in [2.05, 4.69) is 0 Å². The van der Waals surface area contributed by atoms with Gasteiger partial charge in [-0.2, -0.15) is 13.2 Å². The van der Waals surface area contributed by atoms with Crippen molar-refractivity contribution in [2.75, 3.05) is 45.3 Å². The Bertz CT molecular complexity index is 1240. The summed E-state index contributed by atoms with van der Waals surface area (Å²) in [4.78, 5) is 26.0. The Morgan fingerprint density at radius 1 is 1.00 bits per heavy atom. The van der Waals surface area contributed by atoms with Crippen molar-refractivity contribution in [3.8, 4) is 11.5 Å². The average Bonchev–Trinajstić information content (AvgIpc) is 2.90. The summed E-state index contributed by atoms with van der Waals surface area (Å²) in [6.07, 6.45) is -4.08. The van der Waals surface area contributed by atoms with E-state index in [-0.39, 0.29) is 41.1 Å². The Morgan fingerprint density at radius 3 is 2.22 bits per heavy atom. The molecule has 202 valence electrons. The largest absolute Gasteiger partial charge is 0.493 e. The maximum absolute atomic E-state index is 13.7. The molecule has 1 amide bonds. The molecule has 2 aromatic rings. The SMILES string of the molecule is COC(=O)C1CCN(C(=O)CN(c2cccc(C(F)(F)F)c2)S(=O)(=O)c2ccc(OC)c(OC)c2)CC1. The van der Waals surface area contributed by atoms with Crippen LogP contribution in [0.1, 0.15) is 18.4 Å². The number of piperidine rings is 1. The summed E-state index contributed by atoms with van der Waals surface area (Å²) in [6.45, 7) is -0.405. The second-order valence-electron chi connectivity index (χ2n) is 8.25. The molecule has 0 atom stereocenters. The van der Waals surface area contributed by atoms with E-state index in [4.69, 9.17) is 14.2 Å². The maximum Gasteiger partial charge on any atom is 0.416 e. The van der Waals surface area contributed by atoms with E-state index in [1.165, 1.54) is 50.5 Å². The van der Waals surface area contributed by atoms with E-state index in [9.17, 15) is 31.2 Å². The molecule has 13 heteroatoms. The Hall–Kier alpha value is -3.48. The number of hydrogen-bond donors (Lipinski definition) is 0. The lowest BCUT2D eigenvalue weighted by Gasteiger charge is -2.33. The molecule has 3 rings (SSSR count). The monoisotopic (exact) mass is 544 g/mol. The van der Waals surface area contributed by atoms with Gasteiger partial charge in [-0.05, 0) is 43.2 Å². The third-order valence-electron chi connectivity index (χ3n) is 6.07. The number of ether oxygens (including phenoxy) is 3. The van der Waals surface area contributed by atoms with Crippen molar-refractivity contribution in [3.63, 3.8) is 0 Å². The molecule has 0 aliphatic carbocycles. The molecular weight excluding hydrogens is 517 g/mol. The molecule has 0 spiro atoms. The molecule has 1 aliphatic rings. The smallest absolute Gasteiger partial charge is 0.416 e. The molecule has 0 bridgehead atoms. The first kappa shape index (κ1) is 28.1. The number of carbonyl (C=O) groups is 2. The summed E-state index contributed by atoms with van der Waals surface area (Å²) in [7, 11) is -0.587. The van der Waals surface area contributed by atoms with Crippen LogP contribution in [0.5, 0.6) is 11.5 Å². The third-order valence-corrected chi connectivity index (χ3v) is 7.84. The summed E-state index contributed by atoms with van der Waals surface area (Å²) < 4.78 is 83.2. The van der Waals surface area contributed by atoms with Crippen LogP contribution < -0.4 is 13.8 Å². The van der Waals surface area contributed by atoms with Gasteiger partial charge in [0.05, 0.1) is 43.4 Å². The van der Waals surface area contributed by atoms with E-state index >= 15 is 0 Å². The van der Waals surface area contributed by atoms with Gasteiger partial charge in [0.15, 0.2) is 11.5 Å². The molecule has 0 unspecified atom stereocenters. The first-order valence-electron chi connectivity index (χ1n) is 11.2. The average molecular weight is 545 g/mol. The minimum absolute atomic E-state index is 0.0868. The second kappa shape index (κ2) is 11.3. The van der Waals surface area contributed by atoms with Gasteiger partial charge < -0.3 is 19.1 Å². The van der Waals surface area contributed by atoms with E-state index in [1.54, 1.807) is 0 Å². The van der Waals surface area contributed by atoms with Gasteiger partial charge in [-0.3, -0.25) is 13.9 Å². The van der Waals surface area contributed by atoms with Crippen molar-refractivity contribution in [3.05, 3.63) is 48.0 Å². The number of amides is 1. The topological polar surface area (TPSA) is 102 Å². The number of esters is 1. The fourth-order valence-corrected chi connectivity index (χ4v) is 5.43. The number of carbonyl (C=O) groups excluding carboxylic acids is 2. The highest BCUT2D eigenvalue weighted by atomic mass is 32.2. The molecule has 0 radical (unpaired) electrons. The highest BCUT2D eigenvalue weighted by molar-refractivity contribution is 7.92. The van der Waals surface area contributed by atoms with Gasteiger partial charge in [0.2, 0.25) is 5.91 Å². The van der Waals surface area contributed by atoms with Crippen molar-refractivity contribution in [2.24, 2.45) is 5.92 Å². The Kier molecular flexibility index (Phi) is 8.57. The molecular formula is C24H27F3N2O7S. The standard InChI is InChI=1S/C24H27F3N2O7S/c1-34-20-8-7-19(14-21(20)35-2)37(32,33)29(18-6-4-5-17(13-18)24(25,26)27)15-22(30)28-11-9-16(10-12-28)23(31)36-3/h4-8,13-14,16H,9-12,15H2,1-3H3. The number of rotatable bonds is 8. The molecule has 1 saturated heterocycles. The molecule has 1 heterocycles. The number of sulfonamides is 1. The minimum Gasteiger partial charge on any atom is -0.493 e. The zero-order chi connectivity index (χ0) is 27.4. The van der Waals surface area contributed by atoms with Crippen LogP contribution in [0, 0.1) is 5.92 Å². The number of likely N-dealkylation sites (tertiary alicyclic amines) is 1. The number of alkyl halides is 3. The third kappa shape index (κ3) is 6.27. The van der Waals surface area contributed by atoms with Crippen molar-refractivity contribution in [1.82, 2.24) is 4.90 Å². The summed E-state index contributed by atoms with van der Waals surface area (Å²) in [5.74, 6) is -1.07. The van der Waals surface area contributed by atoms with Crippen molar-refractivity contribution >= 4 is 27.6 Å². The van der Waals surface area contributed by atoms with Gasteiger partial charge in [-0.25, -0.2) is 8.42 Å². The van der Waals surface area contributed by atoms with Gasteiger partial charge in [-0.15, -0.1) is 0 Å². The first-order chi connectivity index (χ1) is 17.4. The summed E-state index contributed by atoms with van der Waals surface area (Å²) in [5.41, 5.74) is -1.40. The number of hydrogen-bond acceptors (Lipinski definition) is 7. The lowest BCUT2D eigenvalue weighted by molar-refractivity contribution is -0.148. The van der Waals surface area contributed by atoms with E-state index in [0.717, 1.165) is 12.1 Å². The molecule has 1 fully saturated rings. The van der Waals surface area contributed by atoms with Gasteiger partial charge in [0.25, 0.3) is 10.0 Å². The zero-order valence-corrected chi connectivity index (χ0v) is 21.3. The number of benzene rings is 2. The molecule has 0 saturated carbocycles. The highest BCUT2D eigenvalue weighted by Crippen LogP contribution is 2.35. The number of nitrogens with zero attached hydrogens (tertiary/aromatic N) is 2. The minimum atomic E-state index is -4.73. The fourth-order valence-electron chi connectivity index (χ4n) is 4.01. The summed E-state index contributed by atoms with van der Waals surface area (Å²) in [5, 5.41) is 0. The van der Waals surface area contributed by atoms with Crippen molar-refractivity contribution < 1.29 is 45.4 Å². The van der Waals surface area contributed by atoms with Crippen LogP contribution in [0.4, 0.5) is 18.9 Å². The lowest BCUT2D eigenvalue weighted by atomic mass is 9.97. The van der Waals surface area contributed by atoms with Crippen LogP contribution in [0.3, 0.4) is 0 Å². The van der Waals surface area contributed by atoms with Gasteiger partial charge in [0.1, 0.15) is 6.54 Å². The van der Waals surface area contributed by atoms with E-state index in [0.29, 0.717) is 23.2 Å². The molecule has 37 heavy (non-hydrogen) atoms. The summed E-state index contributed by atoms with van der Waals surface area (Å²) in [6, 6.07) is 7.46. The van der Waals surface area contributed by atoms with Crippen LogP contribution >= 0.6 is 0 Å². The van der Waals surface area contributed by atoms with Crippen LogP contribution in [0.15, 0.2) is 47.4 Å². The predicted octanol–water partition coefficient (Wildman–Crippen LogP) is 3.33. The lowest BCUT2D eigenvalue weighted by Crippen LogP contribution is -2.46. The van der Waals surface area contributed by atoms with Gasteiger partial charge in [-0.1, -0.05) is 6.07 Å². The van der Waals surface area contributed by atoms with Gasteiger partial charge in [0, 0.05) is 19.2 Å². The van der Waals surface area contributed by atoms with Crippen LogP contribution in [-0.2, 0) is 30.5 Å².